The van der Waals surface area contributed by atoms with E-state index < -0.39 is 0 Å². The molecule has 3 N–H and O–H groups in total. The molecule has 0 spiro atoms. The van der Waals surface area contributed by atoms with Gasteiger partial charge in [-0.3, -0.25) is 4.90 Å². The van der Waals surface area contributed by atoms with Crippen molar-refractivity contribution in [3.63, 3.8) is 0 Å². The van der Waals surface area contributed by atoms with Crippen LogP contribution in [0.15, 0.2) is 0 Å². The zero-order valence-corrected chi connectivity index (χ0v) is 8.84. The highest BCUT2D eigenvalue weighted by Gasteiger charge is 2.49. The summed E-state index contributed by atoms with van der Waals surface area (Å²) in [7, 11) is 0. The lowest BCUT2D eigenvalue weighted by Crippen LogP contribution is -2.58. The van der Waals surface area contributed by atoms with Gasteiger partial charge >= 0.3 is 0 Å². The fraction of sp³-hybridized carbons (Fsp3) is 1.00. The average molecular weight is 195 g/mol. The smallest absolute Gasteiger partial charge is 0.0475 e. The van der Waals surface area contributed by atoms with Crippen molar-refractivity contribution in [2.75, 3.05) is 19.6 Å². The molecule has 0 radical (unpaired) electrons. The molecule has 2 heterocycles. The van der Waals surface area contributed by atoms with Gasteiger partial charge in [0.1, 0.15) is 0 Å². The highest BCUT2D eigenvalue weighted by Crippen LogP contribution is 2.37. The van der Waals surface area contributed by atoms with Crippen LogP contribution in [-0.2, 0) is 0 Å². The summed E-state index contributed by atoms with van der Waals surface area (Å²) in [6, 6.07) is 1.53. The molecule has 1 aliphatic carbocycles. The Bertz CT molecular complexity index is 227. The highest BCUT2D eigenvalue weighted by atomic mass is 15.3. The van der Waals surface area contributed by atoms with Gasteiger partial charge in [0, 0.05) is 30.7 Å². The van der Waals surface area contributed by atoms with Crippen LogP contribution in [0.1, 0.15) is 32.1 Å². The summed E-state index contributed by atoms with van der Waals surface area (Å²) in [6.07, 6.45) is 6.74. The maximum atomic E-state index is 6.01. The van der Waals surface area contributed by atoms with Crippen LogP contribution in [0.3, 0.4) is 0 Å². The molecule has 2 saturated heterocycles. The topological polar surface area (TPSA) is 41.3 Å². The molecule has 3 nitrogen and oxygen atoms in total. The summed E-state index contributed by atoms with van der Waals surface area (Å²) < 4.78 is 0. The average Bonchev–Trinajstić information content (AvgIpc) is 2.77. The van der Waals surface area contributed by atoms with Crippen molar-refractivity contribution in [1.82, 2.24) is 10.2 Å². The van der Waals surface area contributed by atoms with Gasteiger partial charge in [-0.1, -0.05) is 0 Å². The monoisotopic (exact) mass is 195 g/mol. The lowest BCUT2D eigenvalue weighted by Gasteiger charge is -2.35. The minimum atomic E-state index is 0.275. The standard InChI is InChI=1S/C11H21N3/c12-8-11(13-9-3-4-9)5-7-14-6-1-2-10(11)14/h9-10,13H,1-8,12H2. The first-order valence-corrected chi connectivity index (χ1v) is 6.06. The van der Waals surface area contributed by atoms with Gasteiger partial charge in [0.25, 0.3) is 0 Å². The molecule has 3 rings (SSSR count). The maximum Gasteiger partial charge on any atom is 0.0475 e. The number of nitrogens with zero attached hydrogens (tertiary/aromatic N) is 1. The predicted molar refractivity (Wildman–Crippen MR) is 57.2 cm³/mol. The van der Waals surface area contributed by atoms with E-state index in [9.17, 15) is 0 Å². The van der Waals surface area contributed by atoms with Crippen LogP contribution in [0.5, 0.6) is 0 Å². The quantitative estimate of drug-likeness (QED) is 0.681. The Hall–Kier alpha value is -0.120. The fourth-order valence-electron chi connectivity index (χ4n) is 3.33. The Morgan fingerprint density at radius 1 is 1.29 bits per heavy atom. The van der Waals surface area contributed by atoms with Crippen molar-refractivity contribution in [1.29, 1.82) is 0 Å². The van der Waals surface area contributed by atoms with Crippen molar-refractivity contribution >= 4 is 0 Å². The van der Waals surface area contributed by atoms with Crippen LogP contribution in [-0.4, -0.2) is 42.2 Å². The second-order valence-electron chi connectivity index (χ2n) is 5.22. The molecule has 80 valence electrons. The summed E-state index contributed by atoms with van der Waals surface area (Å²) in [5.74, 6) is 0. The third-order valence-corrected chi connectivity index (χ3v) is 4.28. The second-order valence-corrected chi connectivity index (χ2v) is 5.22. The van der Waals surface area contributed by atoms with Crippen LogP contribution < -0.4 is 11.1 Å². The number of nitrogens with one attached hydrogen (secondary N) is 1. The number of hydrogen-bond donors (Lipinski definition) is 2. The van der Waals surface area contributed by atoms with Crippen molar-refractivity contribution in [2.45, 2.75) is 49.7 Å². The highest BCUT2D eigenvalue weighted by molar-refractivity contribution is 5.10. The molecule has 0 aromatic carbocycles. The Kier molecular flexibility index (Phi) is 2.08. The van der Waals surface area contributed by atoms with E-state index in [1.54, 1.807) is 0 Å². The molecule has 2 atom stereocenters. The minimum absolute atomic E-state index is 0.275. The first-order valence-electron chi connectivity index (χ1n) is 6.06. The zero-order valence-electron chi connectivity index (χ0n) is 8.84. The van der Waals surface area contributed by atoms with E-state index in [0.29, 0.717) is 0 Å². The van der Waals surface area contributed by atoms with Crippen molar-refractivity contribution in [2.24, 2.45) is 5.73 Å². The normalized spacial score (nSPS) is 43.1. The third-order valence-electron chi connectivity index (χ3n) is 4.28. The SMILES string of the molecule is NCC1(NC2CC2)CCN2CCCC21. The van der Waals surface area contributed by atoms with Crippen LogP contribution in [0.25, 0.3) is 0 Å². The van der Waals surface area contributed by atoms with Crippen molar-refractivity contribution in [3.8, 4) is 0 Å². The van der Waals surface area contributed by atoms with Gasteiger partial charge in [-0.15, -0.1) is 0 Å². The summed E-state index contributed by atoms with van der Waals surface area (Å²) in [5, 5.41) is 3.82. The number of rotatable bonds is 3. The van der Waals surface area contributed by atoms with E-state index in [-0.39, 0.29) is 5.54 Å². The van der Waals surface area contributed by atoms with Crippen LogP contribution in [0, 0.1) is 0 Å². The van der Waals surface area contributed by atoms with E-state index in [0.717, 1.165) is 18.6 Å². The van der Waals surface area contributed by atoms with E-state index in [1.807, 2.05) is 0 Å². The minimum Gasteiger partial charge on any atom is -0.329 e. The first-order chi connectivity index (χ1) is 6.84. The van der Waals surface area contributed by atoms with Gasteiger partial charge in [0.2, 0.25) is 0 Å². The van der Waals surface area contributed by atoms with Gasteiger partial charge in [-0.2, -0.15) is 0 Å². The second kappa shape index (κ2) is 3.19. The largest absolute Gasteiger partial charge is 0.329 e. The molecule has 0 amide bonds. The maximum absolute atomic E-state index is 6.01. The molecule has 14 heavy (non-hydrogen) atoms. The van der Waals surface area contributed by atoms with Crippen molar-refractivity contribution in [3.05, 3.63) is 0 Å². The lowest BCUT2D eigenvalue weighted by molar-refractivity contribution is 0.227. The molecule has 2 unspecified atom stereocenters. The van der Waals surface area contributed by atoms with Crippen LogP contribution >= 0.6 is 0 Å². The van der Waals surface area contributed by atoms with E-state index >= 15 is 0 Å². The van der Waals surface area contributed by atoms with Crippen molar-refractivity contribution < 1.29 is 0 Å². The molecule has 0 bridgehead atoms. The Balaban J connectivity index is 1.77. The summed E-state index contributed by atoms with van der Waals surface area (Å²) in [4.78, 5) is 2.64. The van der Waals surface area contributed by atoms with E-state index in [1.165, 1.54) is 45.2 Å². The predicted octanol–water partition coefficient (Wildman–Crippen LogP) is 0.304. The van der Waals surface area contributed by atoms with Gasteiger partial charge in [-0.25, -0.2) is 0 Å². The molecular formula is C11H21N3. The lowest BCUT2D eigenvalue weighted by atomic mass is 9.88. The fourth-order valence-corrected chi connectivity index (χ4v) is 3.33. The first kappa shape index (κ1) is 9.13. The van der Waals surface area contributed by atoms with Crippen LogP contribution in [0.4, 0.5) is 0 Å². The van der Waals surface area contributed by atoms with E-state index in [4.69, 9.17) is 5.73 Å². The molecule has 0 aromatic rings. The van der Waals surface area contributed by atoms with Gasteiger partial charge in [0.15, 0.2) is 0 Å². The number of nitrogens with two attached hydrogens (primary N) is 1. The summed E-state index contributed by atoms with van der Waals surface area (Å²) in [6.45, 7) is 3.39. The molecule has 3 aliphatic rings. The Labute approximate surface area is 86.0 Å². The van der Waals surface area contributed by atoms with E-state index in [2.05, 4.69) is 10.2 Å². The summed E-state index contributed by atoms with van der Waals surface area (Å²) >= 11 is 0. The molecule has 2 aliphatic heterocycles. The zero-order chi connectivity index (χ0) is 9.60. The molecule has 3 fully saturated rings. The molecule has 1 saturated carbocycles. The van der Waals surface area contributed by atoms with Gasteiger partial charge in [0.05, 0.1) is 0 Å². The van der Waals surface area contributed by atoms with Gasteiger partial charge < -0.3 is 11.1 Å². The molecule has 3 heteroatoms. The molecule has 0 aromatic heterocycles. The Morgan fingerprint density at radius 3 is 2.86 bits per heavy atom. The number of hydrogen-bond acceptors (Lipinski definition) is 3. The number of fused-ring (bicyclic) bond motifs is 1. The summed E-state index contributed by atoms with van der Waals surface area (Å²) in [5.41, 5.74) is 6.29. The molecular weight excluding hydrogens is 174 g/mol. The van der Waals surface area contributed by atoms with Crippen LogP contribution in [0.2, 0.25) is 0 Å². The van der Waals surface area contributed by atoms with Gasteiger partial charge in [-0.05, 0) is 38.6 Å². The third kappa shape index (κ3) is 1.30. The Morgan fingerprint density at radius 2 is 2.14 bits per heavy atom.